The molecular formula is C14H12N4. The quantitative estimate of drug-likeness (QED) is 0.683. The lowest BCUT2D eigenvalue weighted by Crippen LogP contribution is -2.07. The molecule has 2 N–H and O–H groups in total. The largest absolute Gasteiger partial charge is 0.360 e. The van der Waals surface area contributed by atoms with E-state index < -0.39 is 0 Å². The van der Waals surface area contributed by atoms with Gasteiger partial charge in [-0.3, -0.25) is 0 Å². The SMILES string of the molecule is c1cnc2c(c1)C[C@@H](c1nc3ccccc3[nH]1)N2. The van der Waals surface area contributed by atoms with Crippen molar-refractivity contribution in [2.45, 2.75) is 12.5 Å². The standard InChI is InChI=1S/C14H12N4/c1-2-6-11-10(5-1)16-14(17-11)12-8-9-4-3-7-15-13(9)18-12/h1-7,12H,8H2,(H,15,18)(H,16,17)/t12-/m0/s1. The summed E-state index contributed by atoms with van der Waals surface area (Å²) < 4.78 is 0. The summed E-state index contributed by atoms with van der Waals surface area (Å²) >= 11 is 0. The molecule has 0 aliphatic carbocycles. The Hall–Kier alpha value is -2.36. The Morgan fingerprint density at radius 2 is 2.06 bits per heavy atom. The maximum atomic E-state index is 4.63. The molecule has 4 rings (SSSR count). The molecule has 0 saturated carbocycles. The van der Waals surface area contributed by atoms with Gasteiger partial charge < -0.3 is 10.3 Å². The minimum Gasteiger partial charge on any atom is -0.360 e. The van der Waals surface area contributed by atoms with Gasteiger partial charge >= 0.3 is 0 Å². The maximum Gasteiger partial charge on any atom is 0.130 e. The number of aromatic amines is 1. The Morgan fingerprint density at radius 3 is 2.94 bits per heavy atom. The summed E-state index contributed by atoms with van der Waals surface area (Å²) in [5.74, 6) is 1.96. The van der Waals surface area contributed by atoms with Crippen molar-refractivity contribution in [1.82, 2.24) is 15.0 Å². The summed E-state index contributed by atoms with van der Waals surface area (Å²) in [4.78, 5) is 12.3. The van der Waals surface area contributed by atoms with E-state index in [-0.39, 0.29) is 6.04 Å². The van der Waals surface area contributed by atoms with Crippen LogP contribution in [0, 0.1) is 0 Å². The third-order valence-corrected chi connectivity index (χ3v) is 3.36. The molecule has 0 saturated heterocycles. The minimum absolute atomic E-state index is 0.197. The fraction of sp³-hybridized carbons (Fsp3) is 0.143. The van der Waals surface area contributed by atoms with E-state index in [9.17, 15) is 0 Å². The molecule has 88 valence electrons. The number of para-hydroxylation sites is 2. The number of nitrogens with one attached hydrogen (secondary N) is 2. The molecular weight excluding hydrogens is 224 g/mol. The van der Waals surface area contributed by atoms with Crippen molar-refractivity contribution in [2.75, 3.05) is 5.32 Å². The van der Waals surface area contributed by atoms with Gasteiger partial charge in [0.05, 0.1) is 17.1 Å². The van der Waals surface area contributed by atoms with Gasteiger partial charge in [0.1, 0.15) is 11.6 Å². The summed E-state index contributed by atoms with van der Waals surface area (Å²) in [5, 5.41) is 3.41. The van der Waals surface area contributed by atoms with Crippen LogP contribution >= 0.6 is 0 Å². The second kappa shape index (κ2) is 3.57. The van der Waals surface area contributed by atoms with Gasteiger partial charge in [0, 0.05) is 12.6 Å². The number of hydrogen-bond donors (Lipinski definition) is 2. The second-order valence-electron chi connectivity index (χ2n) is 4.55. The van der Waals surface area contributed by atoms with Gasteiger partial charge in [0.15, 0.2) is 0 Å². The van der Waals surface area contributed by atoms with Crippen molar-refractivity contribution in [2.24, 2.45) is 0 Å². The zero-order chi connectivity index (χ0) is 11.9. The number of H-pyrrole nitrogens is 1. The van der Waals surface area contributed by atoms with Crippen molar-refractivity contribution in [3.8, 4) is 0 Å². The number of hydrogen-bond acceptors (Lipinski definition) is 3. The first-order valence-corrected chi connectivity index (χ1v) is 6.05. The highest BCUT2D eigenvalue weighted by Gasteiger charge is 2.24. The zero-order valence-electron chi connectivity index (χ0n) is 9.72. The summed E-state index contributed by atoms with van der Waals surface area (Å²) in [7, 11) is 0. The number of pyridine rings is 1. The van der Waals surface area contributed by atoms with Crippen LogP contribution in [0.15, 0.2) is 42.6 Å². The molecule has 4 heteroatoms. The van der Waals surface area contributed by atoms with Crippen LogP contribution in [0.25, 0.3) is 11.0 Å². The summed E-state index contributed by atoms with van der Waals surface area (Å²) in [6.45, 7) is 0. The third kappa shape index (κ3) is 1.39. The Labute approximate surface area is 104 Å². The first kappa shape index (κ1) is 9.65. The van der Waals surface area contributed by atoms with Crippen LogP contribution in [0.2, 0.25) is 0 Å². The Bertz CT molecular complexity index is 658. The van der Waals surface area contributed by atoms with E-state index in [0.29, 0.717) is 0 Å². The number of imidazole rings is 1. The average molecular weight is 236 g/mol. The third-order valence-electron chi connectivity index (χ3n) is 3.36. The Morgan fingerprint density at radius 1 is 1.11 bits per heavy atom. The van der Waals surface area contributed by atoms with Gasteiger partial charge in [-0.05, 0) is 23.8 Å². The molecule has 3 aromatic rings. The smallest absolute Gasteiger partial charge is 0.130 e. The zero-order valence-corrected chi connectivity index (χ0v) is 9.72. The van der Waals surface area contributed by atoms with Crippen molar-refractivity contribution < 1.29 is 0 Å². The number of nitrogens with zero attached hydrogens (tertiary/aromatic N) is 2. The van der Waals surface area contributed by atoms with Crippen LogP contribution < -0.4 is 5.32 Å². The van der Waals surface area contributed by atoms with E-state index in [1.165, 1.54) is 5.56 Å². The molecule has 1 aliphatic heterocycles. The highest BCUT2D eigenvalue weighted by Crippen LogP contribution is 2.31. The van der Waals surface area contributed by atoms with Gasteiger partial charge in [-0.2, -0.15) is 0 Å². The summed E-state index contributed by atoms with van der Waals surface area (Å²) in [6.07, 6.45) is 2.75. The van der Waals surface area contributed by atoms with Crippen LogP contribution in [-0.2, 0) is 6.42 Å². The molecule has 1 atom stereocenters. The first-order valence-electron chi connectivity index (χ1n) is 6.05. The number of aromatic nitrogens is 3. The minimum atomic E-state index is 0.197. The predicted octanol–water partition coefficient (Wildman–Crippen LogP) is 2.67. The summed E-state index contributed by atoms with van der Waals surface area (Å²) in [6, 6.07) is 12.4. The lowest BCUT2D eigenvalue weighted by molar-refractivity contribution is 0.767. The molecule has 0 spiro atoms. The molecule has 1 aliphatic rings. The fourth-order valence-corrected chi connectivity index (χ4v) is 2.47. The monoisotopic (exact) mass is 236 g/mol. The predicted molar refractivity (Wildman–Crippen MR) is 70.4 cm³/mol. The van der Waals surface area contributed by atoms with Gasteiger partial charge in [0.25, 0.3) is 0 Å². The number of benzene rings is 1. The van der Waals surface area contributed by atoms with Crippen molar-refractivity contribution in [1.29, 1.82) is 0 Å². The van der Waals surface area contributed by atoms with Crippen LogP contribution in [0.1, 0.15) is 17.4 Å². The second-order valence-corrected chi connectivity index (χ2v) is 4.55. The molecule has 0 bridgehead atoms. The highest BCUT2D eigenvalue weighted by atomic mass is 15.1. The Balaban J connectivity index is 1.73. The Kier molecular flexibility index (Phi) is 1.91. The van der Waals surface area contributed by atoms with Crippen molar-refractivity contribution >= 4 is 16.9 Å². The fourth-order valence-electron chi connectivity index (χ4n) is 2.47. The van der Waals surface area contributed by atoms with E-state index in [1.54, 1.807) is 0 Å². The van der Waals surface area contributed by atoms with E-state index in [2.05, 4.69) is 26.3 Å². The molecule has 0 amide bonds. The van der Waals surface area contributed by atoms with E-state index in [1.807, 2.05) is 36.5 Å². The molecule has 4 nitrogen and oxygen atoms in total. The van der Waals surface area contributed by atoms with Crippen LogP contribution in [0.3, 0.4) is 0 Å². The normalized spacial score (nSPS) is 17.7. The van der Waals surface area contributed by atoms with Crippen LogP contribution in [-0.4, -0.2) is 15.0 Å². The van der Waals surface area contributed by atoms with E-state index in [4.69, 9.17) is 0 Å². The molecule has 0 fully saturated rings. The lowest BCUT2D eigenvalue weighted by Gasteiger charge is -2.06. The lowest BCUT2D eigenvalue weighted by atomic mass is 10.1. The van der Waals surface area contributed by atoms with E-state index in [0.717, 1.165) is 29.1 Å². The first-order chi connectivity index (χ1) is 8.90. The molecule has 0 unspecified atom stereocenters. The van der Waals surface area contributed by atoms with Crippen LogP contribution in [0.4, 0.5) is 5.82 Å². The van der Waals surface area contributed by atoms with Crippen molar-refractivity contribution in [3.63, 3.8) is 0 Å². The number of anilines is 1. The summed E-state index contributed by atoms with van der Waals surface area (Å²) in [5.41, 5.74) is 3.35. The average Bonchev–Trinajstić information content (AvgIpc) is 3.02. The topological polar surface area (TPSA) is 53.6 Å². The van der Waals surface area contributed by atoms with Gasteiger partial charge in [0.2, 0.25) is 0 Å². The number of rotatable bonds is 1. The van der Waals surface area contributed by atoms with Gasteiger partial charge in [-0.15, -0.1) is 0 Å². The van der Waals surface area contributed by atoms with Crippen molar-refractivity contribution in [3.05, 3.63) is 54.0 Å². The van der Waals surface area contributed by atoms with E-state index >= 15 is 0 Å². The molecule has 2 aromatic heterocycles. The van der Waals surface area contributed by atoms with Crippen LogP contribution in [0.5, 0.6) is 0 Å². The van der Waals surface area contributed by atoms with Gasteiger partial charge in [-0.25, -0.2) is 9.97 Å². The molecule has 3 heterocycles. The maximum absolute atomic E-state index is 4.63. The molecule has 18 heavy (non-hydrogen) atoms. The molecule has 0 radical (unpaired) electrons. The highest BCUT2D eigenvalue weighted by molar-refractivity contribution is 5.75. The van der Waals surface area contributed by atoms with Gasteiger partial charge in [-0.1, -0.05) is 18.2 Å². The molecule has 1 aromatic carbocycles. The number of fused-ring (bicyclic) bond motifs is 2.